The standard InChI is InChI=1S/C25H25N3O7/c1-15-4-8-17(9-5-15)22(29)33-13-20-19(35-23(30)18-10-6-16(2)7-11-18)12-21(34-20)28-14-26-24(32-3)27-25(28)31/h4-11,14,19-21H,12-13H2,1-3H3/t19-,20+,21-/m1/s1. The third-order valence-corrected chi connectivity index (χ3v) is 5.59. The van der Waals surface area contributed by atoms with Crippen LogP contribution in [-0.4, -0.2) is 52.4 Å². The van der Waals surface area contributed by atoms with E-state index in [0.717, 1.165) is 11.1 Å². The predicted molar refractivity (Wildman–Crippen MR) is 123 cm³/mol. The first-order valence-electron chi connectivity index (χ1n) is 11.0. The molecule has 0 N–H and O–H groups in total. The summed E-state index contributed by atoms with van der Waals surface area (Å²) in [6.07, 6.45) is -1.03. The van der Waals surface area contributed by atoms with Gasteiger partial charge in [0.25, 0.3) is 0 Å². The molecule has 1 aromatic heterocycles. The smallest absolute Gasteiger partial charge is 0.355 e. The SMILES string of the molecule is COc1ncn([C@H]2C[C@@H](OC(=O)c3ccc(C)cc3)[C@H](COC(=O)c3ccc(C)cc3)O2)c(=O)n1. The number of ether oxygens (including phenoxy) is 4. The highest BCUT2D eigenvalue weighted by atomic mass is 16.6. The number of aryl methyl sites for hydroxylation is 2. The van der Waals surface area contributed by atoms with Crippen molar-refractivity contribution in [2.75, 3.05) is 13.7 Å². The van der Waals surface area contributed by atoms with E-state index in [1.54, 1.807) is 48.5 Å². The highest BCUT2D eigenvalue weighted by molar-refractivity contribution is 5.90. The van der Waals surface area contributed by atoms with Gasteiger partial charge in [0.2, 0.25) is 0 Å². The molecule has 35 heavy (non-hydrogen) atoms. The van der Waals surface area contributed by atoms with E-state index in [2.05, 4.69) is 9.97 Å². The average molecular weight is 479 g/mol. The highest BCUT2D eigenvalue weighted by Crippen LogP contribution is 2.31. The van der Waals surface area contributed by atoms with Gasteiger partial charge in [-0.2, -0.15) is 4.98 Å². The maximum Gasteiger partial charge on any atom is 0.355 e. The second-order valence-electron chi connectivity index (χ2n) is 8.17. The molecule has 1 aliphatic heterocycles. The first-order valence-corrected chi connectivity index (χ1v) is 11.0. The number of benzene rings is 2. The minimum absolute atomic E-state index is 0.0739. The third-order valence-electron chi connectivity index (χ3n) is 5.59. The van der Waals surface area contributed by atoms with Crippen LogP contribution in [0.4, 0.5) is 0 Å². The molecule has 1 saturated heterocycles. The van der Waals surface area contributed by atoms with Gasteiger partial charge in [-0.05, 0) is 38.1 Å². The van der Waals surface area contributed by atoms with Crippen molar-refractivity contribution in [3.05, 3.63) is 87.6 Å². The molecule has 3 atom stereocenters. The molecule has 1 aliphatic rings. The lowest BCUT2D eigenvalue weighted by atomic mass is 10.1. The number of carbonyl (C=O) groups excluding carboxylic acids is 2. The Balaban J connectivity index is 1.51. The van der Waals surface area contributed by atoms with Crippen LogP contribution in [0.25, 0.3) is 0 Å². The molecule has 0 bridgehead atoms. The number of methoxy groups -OCH3 is 1. The van der Waals surface area contributed by atoms with Crippen LogP contribution in [-0.2, 0) is 14.2 Å². The molecule has 4 rings (SSSR count). The molecule has 3 aromatic rings. The van der Waals surface area contributed by atoms with Crippen LogP contribution in [0.1, 0.15) is 44.5 Å². The number of carbonyl (C=O) groups is 2. The molecule has 2 aromatic carbocycles. The molecule has 0 spiro atoms. The second kappa shape index (κ2) is 10.5. The van der Waals surface area contributed by atoms with Gasteiger partial charge in [0.15, 0.2) is 0 Å². The van der Waals surface area contributed by atoms with Crippen molar-refractivity contribution in [3.63, 3.8) is 0 Å². The van der Waals surface area contributed by atoms with Crippen molar-refractivity contribution in [1.82, 2.24) is 14.5 Å². The van der Waals surface area contributed by atoms with Gasteiger partial charge >= 0.3 is 23.6 Å². The number of hydrogen-bond acceptors (Lipinski definition) is 9. The lowest BCUT2D eigenvalue weighted by molar-refractivity contribution is -0.0585. The Morgan fingerprint density at radius 2 is 1.60 bits per heavy atom. The molecule has 0 amide bonds. The molecule has 182 valence electrons. The largest absolute Gasteiger partial charge is 0.467 e. The van der Waals surface area contributed by atoms with Gasteiger partial charge in [0.1, 0.15) is 31.4 Å². The zero-order chi connectivity index (χ0) is 24.9. The molecule has 0 radical (unpaired) electrons. The maximum atomic E-state index is 12.7. The molecular weight excluding hydrogens is 454 g/mol. The van der Waals surface area contributed by atoms with Crippen molar-refractivity contribution >= 4 is 11.9 Å². The first-order chi connectivity index (χ1) is 16.8. The van der Waals surface area contributed by atoms with Gasteiger partial charge < -0.3 is 18.9 Å². The second-order valence-corrected chi connectivity index (χ2v) is 8.17. The zero-order valence-electron chi connectivity index (χ0n) is 19.5. The van der Waals surface area contributed by atoms with Crippen LogP contribution in [0.15, 0.2) is 59.7 Å². The van der Waals surface area contributed by atoms with Crippen molar-refractivity contribution in [1.29, 1.82) is 0 Å². The topological polar surface area (TPSA) is 119 Å². The van der Waals surface area contributed by atoms with E-state index in [1.807, 2.05) is 13.8 Å². The number of aromatic nitrogens is 3. The van der Waals surface area contributed by atoms with E-state index in [4.69, 9.17) is 18.9 Å². The summed E-state index contributed by atoms with van der Waals surface area (Å²) in [7, 11) is 1.35. The predicted octanol–water partition coefficient (Wildman–Crippen LogP) is 2.63. The number of rotatable bonds is 7. The minimum atomic E-state index is -0.827. The van der Waals surface area contributed by atoms with Crippen molar-refractivity contribution < 1.29 is 28.5 Å². The Hall–Kier alpha value is -4.05. The van der Waals surface area contributed by atoms with E-state index in [1.165, 1.54) is 18.0 Å². The van der Waals surface area contributed by atoms with E-state index in [0.29, 0.717) is 11.1 Å². The molecule has 1 fully saturated rings. The summed E-state index contributed by atoms with van der Waals surface area (Å²) in [4.78, 5) is 45.3. The Morgan fingerprint density at radius 3 is 2.17 bits per heavy atom. The van der Waals surface area contributed by atoms with Gasteiger partial charge in [0, 0.05) is 6.42 Å². The Kier molecular flexibility index (Phi) is 7.21. The van der Waals surface area contributed by atoms with Gasteiger partial charge in [-0.15, -0.1) is 4.98 Å². The fraction of sp³-hybridized carbons (Fsp3) is 0.320. The summed E-state index contributed by atoms with van der Waals surface area (Å²) in [5.41, 5.74) is 2.14. The van der Waals surface area contributed by atoms with Crippen molar-refractivity contribution in [2.24, 2.45) is 0 Å². The Labute approximate surface area is 201 Å². The number of hydrogen-bond donors (Lipinski definition) is 0. The monoisotopic (exact) mass is 479 g/mol. The highest BCUT2D eigenvalue weighted by Gasteiger charge is 2.40. The van der Waals surface area contributed by atoms with E-state index in [-0.39, 0.29) is 19.0 Å². The summed E-state index contributed by atoms with van der Waals surface area (Å²) in [6.45, 7) is 3.65. The van der Waals surface area contributed by atoms with Crippen LogP contribution >= 0.6 is 0 Å². The number of esters is 2. The summed E-state index contributed by atoms with van der Waals surface area (Å²) < 4.78 is 23.2. The van der Waals surface area contributed by atoms with Crippen LogP contribution < -0.4 is 10.4 Å². The molecular formula is C25H25N3O7. The van der Waals surface area contributed by atoms with Gasteiger partial charge in [-0.25, -0.2) is 14.4 Å². The summed E-state index contributed by atoms with van der Waals surface area (Å²) in [5.74, 6) is -1.09. The third kappa shape index (κ3) is 5.72. The molecule has 10 heteroatoms. The van der Waals surface area contributed by atoms with Crippen LogP contribution in [0, 0.1) is 13.8 Å². The van der Waals surface area contributed by atoms with E-state index < -0.39 is 36.1 Å². The summed E-state index contributed by atoms with van der Waals surface area (Å²) >= 11 is 0. The van der Waals surface area contributed by atoms with Crippen molar-refractivity contribution in [3.8, 4) is 6.01 Å². The Bertz CT molecular complexity index is 1260. The fourth-order valence-electron chi connectivity index (χ4n) is 3.60. The normalized spacial score (nSPS) is 19.2. The van der Waals surface area contributed by atoms with Gasteiger partial charge in [-0.1, -0.05) is 35.4 Å². The van der Waals surface area contributed by atoms with Gasteiger partial charge in [0.05, 0.1) is 18.2 Å². The van der Waals surface area contributed by atoms with Crippen LogP contribution in [0.5, 0.6) is 6.01 Å². The maximum absolute atomic E-state index is 12.7. The molecule has 0 saturated carbocycles. The lowest BCUT2D eigenvalue weighted by Gasteiger charge is -2.19. The van der Waals surface area contributed by atoms with Crippen LogP contribution in [0.2, 0.25) is 0 Å². The minimum Gasteiger partial charge on any atom is -0.467 e. The fourth-order valence-corrected chi connectivity index (χ4v) is 3.60. The van der Waals surface area contributed by atoms with Crippen LogP contribution in [0.3, 0.4) is 0 Å². The molecule has 10 nitrogen and oxygen atoms in total. The molecule has 2 heterocycles. The summed E-state index contributed by atoms with van der Waals surface area (Å²) in [6, 6.07) is 13.8. The molecule has 0 aliphatic carbocycles. The van der Waals surface area contributed by atoms with E-state index in [9.17, 15) is 14.4 Å². The number of nitrogens with zero attached hydrogens (tertiary/aromatic N) is 3. The summed E-state index contributed by atoms with van der Waals surface area (Å²) in [5, 5.41) is 0. The Morgan fingerprint density at radius 1 is 1.00 bits per heavy atom. The quantitative estimate of drug-likeness (QED) is 0.471. The zero-order valence-corrected chi connectivity index (χ0v) is 19.5. The van der Waals surface area contributed by atoms with E-state index >= 15 is 0 Å². The lowest BCUT2D eigenvalue weighted by Crippen LogP contribution is -2.32. The average Bonchev–Trinajstić information content (AvgIpc) is 3.25. The first kappa shape index (κ1) is 24.1. The van der Waals surface area contributed by atoms with Gasteiger partial charge in [-0.3, -0.25) is 4.57 Å². The van der Waals surface area contributed by atoms with Crippen molar-refractivity contribution in [2.45, 2.75) is 38.7 Å². The molecule has 0 unspecified atom stereocenters.